The number of hydrogen-bond donors (Lipinski definition) is 2. The Balaban J connectivity index is 1.56. The van der Waals surface area contributed by atoms with E-state index in [2.05, 4.69) is 33.8 Å². The molecular formula is C19H23N3O. The summed E-state index contributed by atoms with van der Waals surface area (Å²) in [5.74, 6) is 0. The molecule has 3 rings (SSSR count). The first-order valence-electron chi connectivity index (χ1n) is 8.28. The minimum absolute atomic E-state index is 0.00837. The van der Waals surface area contributed by atoms with Gasteiger partial charge in [0.2, 0.25) is 0 Å². The van der Waals surface area contributed by atoms with E-state index < -0.39 is 0 Å². The van der Waals surface area contributed by atoms with Crippen LogP contribution in [0.5, 0.6) is 0 Å². The van der Waals surface area contributed by atoms with E-state index in [9.17, 15) is 4.79 Å². The standard InChI is InChI=1S/C19H23N3O/c1-14(16-10-9-15-6-2-3-7-17(15)12-16)22-19(23)21-13-18-8-4-5-11-20-18/h4-5,8-12,14H,2-3,6-7,13H2,1H3,(H2,21,22,23). The summed E-state index contributed by atoms with van der Waals surface area (Å²) in [4.78, 5) is 16.2. The second-order valence-corrected chi connectivity index (χ2v) is 6.11. The molecule has 4 nitrogen and oxygen atoms in total. The molecule has 0 bridgehead atoms. The molecule has 4 heteroatoms. The Hall–Kier alpha value is -2.36. The van der Waals surface area contributed by atoms with Crippen LogP contribution in [0.2, 0.25) is 0 Å². The summed E-state index contributed by atoms with van der Waals surface area (Å²) in [7, 11) is 0. The fourth-order valence-electron chi connectivity index (χ4n) is 3.03. The molecule has 0 aliphatic heterocycles. The van der Waals surface area contributed by atoms with Crippen LogP contribution in [0.15, 0.2) is 42.6 Å². The molecule has 0 saturated heterocycles. The molecule has 0 fully saturated rings. The molecule has 1 atom stereocenters. The summed E-state index contributed by atoms with van der Waals surface area (Å²) in [6.45, 7) is 2.45. The highest BCUT2D eigenvalue weighted by Gasteiger charge is 2.14. The van der Waals surface area contributed by atoms with Crippen molar-refractivity contribution in [2.75, 3.05) is 0 Å². The van der Waals surface area contributed by atoms with Gasteiger partial charge >= 0.3 is 6.03 Å². The normalized spacial score (nSPS) is 14.7. The molecule has 120 valence electrons. The highest BCUT2D eigenvalue weighted by Crippen LogP contribution is 2.24. The lowest BCUT2D eigenvalue weighted by Crippen LogP contribution is -2.36. The van der Waals surface area contributed by atoms with Crippen LogP contribution < -0.4 is 10.6 Å². The minimum Gasteiger partial charge on any atom is -0.332 e. The van der Waals surface area contributed by atoms with Crippen molar-refractivity contribution in [2.24, 2.45) is 0 Å². The first kappa shape index (κ1) is 15.5. The number of pyridine rings is 1. The topological polar surface area (TPSA) is 54.0 Å². The molecule has 0 radical (unpaired) electrons. The maximum atomic E-state index is 12.0. The zero-order valence-electron chi connectivity index (χ0n) is 13.5. The van der Waals surface area contributed by atoms with Crippen molar-refractivity contribution in [1.29, 1.82) is 0 Å². The summed E-state index contributed by atoms with van der Waals surface area (Å²) >= 11 is 0. The van der Waals surface area contributed by atoms with E-state index in [4.69, 9.17) is 0 Å². The number of carbonyl (C=O) groups excluding carboxylic acids is 1. The quantitative estimate of drug-likeness (QED) is 0.908. The number of benzene rings is 1. The Morgan fingerprint density at radius 3 is 2.78 bits per heavy atom. The Morgan fingerprint density at radius 1 is 1.17 bits per heavy atom. The predicted molar refractivity (Wildman–Crippen MR) is 91.1 cm³/mol. The zero-order valence-corrected chi connectivity index (χ0v) is 13.5. The number of amides is 2. The molecule has 2 N–H and O–H groups in total. The number of rotatable bonds is 4. The number of nitrogens with zero attached hydrogens (tertiary/aromatic N) is 1. The van der Waals surface area contributed by atoms with Gasteiger partial charge in [0.05, 0.1) is 18.3 Å². The number of carbonyl (C=O) groups is 1. The molecule has 1 aromatic heterocycles. The maximum Gasteiger partial charge on any atom is 0.315 e. The first-order chi connectivity index (χ1) is 11.2. The second-order valence-electron chi connectivity index (χ2n) is 6.11. The van der Waals surface area contributed by atoms with Gasteiger partial charge in [-0.2, -0.15) is 0 Å². The molecule has 0 spiro atoms. The van der Waals surface area contributed by atoms with Crippen molar-refractivity contribution < 1.29 is 4.79 Å². The van der Waals surface area contributed by atoms with Crippen molar-refractivity contribution in [3.8, 4) is 0 Å². The molecule has 1 heterocycles. The van der Waals surface area contributed by atoms with Gasteiger partial charge in [0, 0.05) is 6.20 Å². The molecule has 0 saturated carbocycles. The van der Waals surface area contributed by atoms with Crippen molar-refractivity contribution in [3.05, 3.63) is 65.0 Å². The Morgan fingerprint density at radius 2 is 2.00 bits per heavy atom. The second kappa shape index (κ2) is 7.27. The van der Waals surface area contributed by atoms with Gasteiger partial charge in [0.1, 0.15) is 0 Å². The number of nitrogens with one attached hydrogen (secondary N) is 2. The summed E-state index contributed by atoms with van der Waals surface area (Å²) in [6.07, 6.45) is 6.62. The molecule has 2 aromatic rings. The van der Waals surface area contributed by atoms with Crippen LogP contribution in [0.25, 0.3) is 0 Å². The van der Waals surface area contributed by atoms with Gasteiger partial charge in [-0.25, -0.2) is 4.79 Å². The summed E-state index contributed by atoms with van der Waals surface area (Å²) < 4.78 is 0. The number of hydrogen-bond acceptors (Lipinski definition) is 2. The first-order valence-corrected chi connectivity index (χ1v) is 8.28. The van der Waals surface area contributed by atoms with Gasteiger partial charge in [-0.15, -0.1) is 0 Å². The third-order valence-corrected chi connectivity index (χ3v) is 4.38. The molecule has 2 amide bonds. The minimum atomic E-state index is -0.166. The van der Waals surface area contributed by atoms with Gasteiger partial charge in [0.25, 0.3) is 0 Å². The third-order valence-electron chi connectivity index (χ3n) is 4.38. The third kappa shape index (κ3) is 4.09. The van der Waals surface area contributed by atoms with Crippen molar-refractivity contribution in [1.82, 2.24) is 15.6 Å². The Kier molecular flexibility index (Phi) is 4.91. The van der Waals surface area contributed by atoms with E-state index in [0.29, 0.717) is 6.54 Å². The van der Waals surface area contributed by atoms with Gasteiger partial charge in [0.15, 0.2) is 0 Å². The lowest BCUT2D eigenvalue weighted by molar-refractivity contribution is 0.237. The average molecular weight is 309 g/mol. The average Bonchev–Trinajstić information content (AvgIpc) is 2.60. The van der Waals surface area contributed by atoms with E-state index in [1.807, 2.05) is 25.1 Å². The maximum absolute atomic E-state index is 12.0. The summed E-state index contributed by atoms with van der Waals surface area (Å²) in [5.41, 5.74) is 4.92. The van der Waals surface area contributed by atoms with Crippen LogP contribution in [-0.2, 0) is 19.4 Å². The van der Waals surface area contributed by atoms with Gasteiger partial charge < -0.3 is 10.6 Å². The SMILES string of the molecule is CC(NC(=O)NCc1ccccn1)c1ccc2c(c1)CCCC2. The molecule has 1 aromatic carbocycles. The van der Waals surface area contributed by atoms with Crippen LogP contribution in [0, 0.1) is 0 Å². The highest BCUT2D eigenvalue weighted by molar-refractivity contribution is 5.74. The van der Waals surface area contributed by atoms with Gasteiger partial charge in [-0.3, -0.25) is 4.98 Å². The smallest absolute Gasteiger partial charge is 0.315 e. The Labute approximate surface area is 137 Å². The van der Waals surface area contributed by atoms with E-state index in [0.717, 1.165) is 12.1 Å². The summed E-state index contributed by atoms with van der Waals surface area (Å²) in [5, 5.41) is 5.84. The van der Waals surface area contributed by atoms with Crippen LogP contribution in [0.1, 0.15) is 48.2 Å². The molecule has 1 unspecified atom stereocenters. The number of fused-ring (bicyclic) bond motifs is 1. The lowest BCUT2D eigenvalue weighted by Gasteiger charge is -2.20. The van der Waals surface area contributed by atoms with Gasteiger partial charge in [-0.1, -0.05) is 24.3 Å². The highest BCUT2D eigenvalue weighted by atomic mass is 16.2. The van der Waals surface area contributed by atoms with Crippen LogP contribution >= 0.6 is 0 Å². The molecule has 1 aliphatic carbocycles. The molecular weight excluding hydrogens is 286 g/mol. The summed E-state index contributed by atoms with van der Waals surface area (Å²) in [6, 6.07) is 12.1. The fraction of sp³-hybridized carbons (Fsp3) is 0.368. The lowest BCUT2D eigenvalue weighted by atomic mass is 9.89. The van der Waals surface area contributed by atoms with E-state index in [1.54, 1.807) is 6.20 Å². The van der Waals surface area contributed by atoms with Gasteiger partial charge in [-0.05, 0) is 61.4 Å². The van der Waals surface area contributed by atoms with Crippen LogP contribution in [-0.4, -0.2) is 11.0 Å². The monoisotopic (exact) mass is 309 g/mol. The largest absolute Gasteiger partial charge is 0.332 e. The number of aryl methyl sites for hydroxylation is 2. The molecule has 23 heavy (non-hydrogen) atoms. The van der Waals surface area contributed by atoms with E-state index in [1.165, 1.54) is 36.0 Å². The molecule has 1 aliphatic rings. The zero-order chi connectivity index (χ0) is 16.1. The van der Waals surface area contributed by atoms with Crippen LogP contribution in [0.3, 0.4) is 0 Å². The fourth-order valence-corrected chi connectivity index (χ4v) is 3.03. The van der Waals surface area contributed by atoms with Crippen molar-refractivity contribution >= 4 is 6.03 Å². The van der Waals surface area contributed by atoms with E-state index >= 15 is 0 Å². The van der Waals surface area contributed by atoms with Crippen LogP contribution in [0.4, 0.5) is 4.79 Å². The van der Waals surface area contributed by atoms with E-state index in [-0.39, 0.29) is 12.1 Å². The number of aromatic nitrogens is 1. The van der Waals surface area contributed by atoms with Crippen molar-refractivity contribution in [2.45, 2.75) is 45.2 Å². The van der Waals surface area contributed by atoms with Crippen molar-refractivity contribution in [3.63, 3.8) is 0 Å². The number of urea groups is 1. The predicted octanol–water partition coefficient (Wildman–Crippen LogP) is 3.52. The Bertz CT molecular complexity index is 670.